The second kappa shape index (κ2) is 7.54. The van der Waals surface area contributed by atoms with E-state index in [-0.39, 0.29) is 0 Å². The van der Waals surface area contributed by atoms with E-state index in [0.717, 1.165) is 29.8 Å². The first-order valence-corrected chi connectivity index (χ1v) is 7.83. The maximum atomic E-state index is 10.7. The summed E-state index contributed by atoms with van der Waals surface area (Å²) >= 11 is 3.50. The van der Waals surface area contributed by atoms with E-state index in [1.54, 1.807) is 6.20 Å². The largest absolute Gasteiger partial charge is 0.382 e. The van der Waals surface area contributed by atoms with Crippen molar-refractivity contribution < 1.29 is 5.11 Å². The molecule has 0 aromatic carbocycles. The van der Waals surface area contributed by atoms with Gasteiger partial charge in [0.15, 0.2) is 0 Å². The highest BCUT2D eigenvalue weighted by atomic mass is 79.9. The fourth-order valence-corrected chi connectivity index (χ4v) is 2.77. The van der Waals surface area contributed by atoms with Gasteiger partial charge in [0.2, 0.25) is 0 Å². The minimum Gasteiger partial charge on any atom is -0.382 e. The van der Waals surface area contributed by atoms with Crippen LogP contribution in [-0.2, 0) is 12.1 Å². The van der Waals surface area contributed by atoms with Crippen LogP contribution in [0, 0.1) is 5.92 Å². The number of hydrogen-bond donors (Lipinski definition) is 2. The topological polar surface area (TPSA) is 53.3 Å². The Morgan fingerprint density at radius 2 is 2.15 bits per heavy atom. The molecule has 0 saturated heterocycles. The molecule has 5 nitrogen and oxygen atoms in total. The molecular weight excluding hydrogens is 320 g/mol. The van der Waals surface area contributed by atoms with Gasteiger partial charge in [-0.25, -0.2) is 0 Å². The molecule has 6 heteroatoms. The molecule has 2 N–H and O–H groups in total. The summed E-state index contributed by atoms with van der Waals surface area (Å²) in [6.45, 7) is 9.17. The first-order chi connectivity index (χ1) is 9.24. The average molecular weight is 347 g/mol. The number of likely N-dealkylation sites (N-methyl/N-ethyl adjacent to an activating group) is 1. The van der Waals surface area contributed by atoms with Gasteiger partial charge in [-0.2, -0.15) is 5.10 Å². The summed E-state index contributed by atoms with van der Waals surface area (Å²) in [5, 5.41) is 18.4. The quantitative estimate of drug-likeness (QED) is 0.751. The summed E-state index contributed by atoms with van der Waals surface area (Å²) in [5.41, 5.74) is -0.119. The molecule has 116 valence electrons. The molecule has 1 atom stereocenters. The predicted molar refractivity (Wildman–Crippen MR) is 85.8 cm³/mol. The van der Waals surface area contributed by atoms with Crippen LogP contribution in [0.5, 0.6) is 0 Å². The van der Waals surface area contributed by atoms with Crippen molar-refractivity contribution in [3.63, 3.8) is 0 Å². The lowest BCUT2D eigenvalue weighted by Gasteiger charge is -2.26. The molecule has 0 bridgehead atoms. The van der Waals surface area contributed by atoms with E-state index in [1.807, 2.05) is 25.7 Å². The number of nitrogens with zero attached hydrogens (tertiary/aromatic N) is 3. The molecule has 20 heavy (non-hydrogen) atoms. The minimum absolute atomic E-state index is 0.511. The van der Waals surface area contributed by atoms with Gasteiger partial charge in [0.25, 0.3) is 0 Å². The summed E-state index contributed by atoms with van der Waals surface area (Å²) in [6, 6.07) is 0. The molecule has 0 spiro atoms. The minimum atomic E-state index is -0.948. The van der Waals surface area contributed by atoms with Crippen molar-refractivity contribution >= 4 is 15.9 Å². The van der Waals surface area contributed by atoms with Gasteiger partial charge in [-0.15, -0.1) is 0 Å². The summed E-state index contributed by atoms with van der Waals surface area (Å²) in [5.74, 6) is 0.563. The van der Waals surface area contributed by atoms with E-state index < -0.39 is 5.60 Å². The molecule has 1 aromatic rings. The molecule has 1 rings (SSSR count). The summed E-state index contributed by atoms with van der Waals surface area (Å²) in [4.78, 5) is 2.10. The Kier molecular flexibility index (Phi) is 6.64. The molecule has 1 aromatic heterocycles. The SMILES string of the molecule is CC(C)CNCC(C)(O)c1c(Br)cnn1CCN(C)C. The number of nitrogens with one attached hydrogen (secondary N) is 1. The van der Waals surface area contributed by atoms with Gasteiger partial charge in [0, 0.05) is 13.1 Å². The first kappa shape index (κ1) is 17.6. The highest BCUT2D eigenvalue weighted by Gasteiger charge is 2.29. The summed E-state index contributed by atoms with van der Waals surface area (Å²) < 4.78 is 2.73. The van der Waals surface area contributed by atoms with Crippen LogP contribution < -0.4 is 5.32 Å². The van der Waals surface area contributed by atoms with Gasteiger partial charge < -0.3 is 15.3 Å². The van der Waals surface area contributed by atoms with E-state index in [0.29, 0.717) is 12.5 Å². The number of aliphatic hydroxyl groups is 1. The number of halogens is 1. The van der Waals surface area contributed by atoms with Crippen molar-refractivity contribution in [1.82, 2.24) is 20.0 Å². The number of rotatable bonds is 8. The Balaban J connectivity index is 2.79. The Hall–Kier alpha value is -0.430. The Bertz CT molecular complexity index is 415. The fourth-order valence-electron chi connectivity index (χ4n) is 2.05. The fraction of sp³-hybridized carbons (Fsp3) is 0.786. The van der Waals surface area contributed by atoms with Crippen LogP contribution in [0.4, 0.5) is 0 Å². The van der Waals surface area contributed by atoms with Crippen LogP contribution >= 0.6 is 15.9 Å². The molecule has 0 saturated carbocycles. The lowest BCUT2D eigenvalue weighted by atomic mass is 10.0. The Labute approximate surface area is 130 Å². The molecule has 1 heterocycles. The predicted octanol–water partition coefficient (Wildman–Crippen LogP) is 1.66. The number of aromatic nitrogens is 2. The van der Waals surface area contributed by atoms with E-state index in [1.165, 1.54) is 0 Å². The molecule has 0 amide bonds. The molecule has 1 unspecified atom stereocenters. The Morgan fingerprint density at radius 1 is 1.50 bits per heavy atom. The van der Waals surface area contributed by atoms with Gasteiger partial charge in [-0.3, -0.25) is 4.68 Å². The van der Waals surface area contributed by atoms with Crippen molar-refractivity contribution in [3.8, 4) is 0 Å². The maximum absolute atomic E-state index is 10.7. The third kappa shape index (κ3) is 5.16. The smallest absolute Gasteiger partial charge is 0.117 e. The van der Waals surface area contributed by atoms with Crippen molar-refractivity contribution in [1.29, 1.82) is 0 Å². The van der Waals surface area contributed by atoms with Crippen molar-refractivity contribution in [2.75, 3.05) is 33.7 Å². The zero-order chi connectivity index (χ0) is 15.3. The standard InChI is InChI=1S/C14H27BrN4O/c1-11(2)8-16-10-14(3,20)13-12(15)9-17-19(13)7-6-18(4)5/h9,11,16,20H,6-8,10H2,1-5H3. The van der Waals surface area contributed by atoms with Crippen LogP contribution in [0.25, 0.3) is 0 Å². The molecule has 0 aliphatic carbocycles. The zero-order valence-corrected chi connectivity index (χ0v) is 14.7. The van der Waals surface area contributed by atoms with Gasteiger partial charge in [0.05, 0.1) is 22.9 Å². The monoisotopic (exact) mass is 346 g/mol. The van der Waals surface area contributed by atoms with Gasteiger partial charge in [0.1, 0.15) is 5.60 Å². The second-order valence-corrected chi connectivity index (χ2v) is 7.02. The lowest BCUT2D eigenvalue weighted by molar-refractivity contribution is 0.0457. The molecule has 0 radical (unpaired) electrons. The van der Waals surface area contributed by atoms with Crippen LogP contribution in [0.2, 0.25) is 0 Å². The van der Waals surface area contributed by atoms with Crippen molar-refractivity contribution in [2.45, 2.75) is 32.9 Å². The Morgan fingerprint density at radius 3 is 2.70 bits per heavy atom. The van der Waals surface area contributed by atoms with E-state index in [2.05, 4.69) is 45.1 Å². The third-order valence-corrected chi connectivity index (χ3v) is 3.67. The molecule has 0 fully saturated rings. The van der Waals surface area contributed by atoms with Crippen LogP contribution in [0.1, 0.15) is 26.5 Å². The first-order valence-electron chi connectivity index (χ1n) is 7.03. The highest BCUT2D eigenvalue weighted by Crippen LogP contribution is 2.27. The van der Waals surface area contributed by atoms with E-state index >= 15 is 0 Å². The van der Waals surface area contributed by atoms with Gasteiger partial charge in [-0.1, -0.05) is 13.8 Å². The summed E-state index contributed by atoms with van der Waals surface area (Å²) in [7, 11) is 4.06. The van der Waals surface area contributed by atoms with E-state index in [9.17, 15) is 5.11 Å². The average Bonchev–Trinajstić information content (AvgIpc) is 2.67. The van der Waals surface area contributed by atoms with Crippen LogP contribution in [0.15, 0.2) is 10.7 Å². The normalized spacial score (nSPS) is 15.1. The van der Waals surface area contributed by atoms with Gasteiger partial charge in [-0.05, 0) is 49.4 Å². The maximum Gasteiger partial charge on any atom is 0.117 e. The van der Waals surface area contributed by atoms with E-state index in [4.69, 9.17) is 0 Å². The molecule has 0 aliphatic rings. The molecule has 0 aliphatic heterocycles. The van der Waals surface area contributed by atoms with Gasteiger partial charge >= 0.3 is 0 Å². The van der Waals surface area contributed by atoms with Crippen LogP contribution in [-0.4, -0.2) is 53.5 Å². The zero-order valence-electron chi connectivity index (χ0n) is 13.1. The van der Waals surface area contributed by atoms with Crippen molar-refractivity contribution in [2.24, 2.45) is 5.92 Å². The lowest BCUT2D eigenvalue weighted by Crippen LogP contribution is -2.39. The molecular formula is C14H27BrN4O. The second-order valence-electron chi connectivity index (χ2n) is 6.17. The summed E-state index contributed by atoms with van der Waals surface area (Å²) in [6.07, 6.45) is 1.75. The number of hydrogen-bond acceptors (Lipinski definition) is 4. The third-order valence-electron chi connectivity index (χ3n) is 3.09. The van der Waals surface area contributed by atoms with Crippen molar-refractivity contribution in [3.05, 3.63) is 16.4 Å². The van der Waals surface area contributed by atoms with Crippen LogP contribution in [0.3, 0.4) is 0 Å². The highest BCUT2D eigenvalue weighted by molar-refractivity contribution is 9.10.